The van der Waals surface area contributed by atoms with Crippen LogP contribution in [-0.4, -0.2) is 18.4 Å². The molecule has 1 N–H and O–H groups in total. The van der Waals surface area contributed by atoms with Gasteiger partial charge in [-0.05, 0) is 34.1 Å². The van der Waals surface area contributed by atoms with E-state index in [2.05, 4.69) is 30.6 Å². The summed E-state index contributed by atoms with van der Waals surface area (Å²) in [6, 6.07) is 4.53. The van der Waals surface area contributed by atoms with Crippen molar-refractivity contribution in [2.75, 3.05) is 4.72 Å². The first-order valence-electron chi connectivity index (χ1n) is 4.73. The number of pyridine rings is 2. The van der Waals surface area contributed by atoms with Crippen molar-refractivity contribution >= 4 is 43.2 Å². The normalized spacial score (nSPS) is 11.2. The summed E-state index contributed by atoms with van der Waals surface area (Å²) in [5.74, 6) is 0. The van der Waals surface area contributed by atoms with Gasteiger partial charge in [-0.25, -0.2) is 13.4 Å². The fourth-order valence-electron chi connectivity index (χ4n) is 1.20. The van der Waals surface area contributed by atoms with E-state index in [9.17, 15) is 8.42 Å². The third-order valence-electron chi connectivity index (χ3n) is 1.99. The smallest absolute Gasteiger partial charge is 0.263 e. The van der Waals surface area contributed by atoms with Crippen LogP contribution in [0.3, 0.4) is 0 Å². The molecule has 18 heavy (non-hydrogen) atoms. The first kappa shape index (κ1) is 13.3. The van der Waals surface area contributed by atoms with E-state index in [1.165, 1.54) is 30.7 Å². The predicted octanol–water partition coefficient (Wildman–Crippen LogP) is 2.69. The van der Waals surface area contributed by atoms with Crippen LogP contribution in [0, 0.1) is 0 Å². The monoisotopic (exact) mass is 347 g/mol. The van der Waals surface area contributed by atoms with Gasteiger partial charge >= 0.3 is 0 Å². The van der Waals surface area contributed by atoms with Crippen LogP contribution < -0.4 is 4.72 Å². The van der Waals surface area contributed by atoms with Crippen molar-refractivity contribution in [1.82, 2.24) is 9.97 Å². The molecule has 0 aliphatic heterocycles. The summed E-state index contributed by atoms with van der Waals surface area (Å²) in [5, 5.41) is 0.263. The van der Waals surface area contributed by atoms with Crippen LogP contribution in [0.4, 0.5) is 5.69 Å². The average Bonchev–Trinajstić information content (AvgIpc) is 2.35. The third-order valence-corrected chi connectivity index (χ3v) is 4.49. The van der Waals surface area contributed by atoms with E-state index >= 15 is 0 Å². The van der Waals surface area contributed by atoms with Gasteiger partial charge in [0.1, 0.15) is 10.0 Å². The van der Waals surface area contributed by atoms with Crippen LogP contribution in [0.2, 0.25) is 5.15 Å². The van der Waals surface area contributed by atoms with Crippen molar-refractivity contribution in [1.29, 1.82) is 0 Å². The Balaban J connectivity index is 2.31. The molecule has 0 aliphatic rings. The highest BCUT2D eigenvalue weighted by molar-refractivity contribution is 9.10. The van der Waals surface area contributed by atoms with Crippen molar-refractivity contribution in [2.24, 2.45) is 0 Å². The first-order valence-corrected chi connectivity index (χ1v) is 7.38. The van der Waals surface area contributed by atoms with E-state index in [-0.39, 0.29) is 10.0 Å². The molecule has 0 atom stereocenters. The van der Waals surface area contributed by atoms with Crippen LogP contribution in [0.5, 0.6) is 0 Å². The Labute approximate surface area is 117 Å². The number of nitrogens with one attached hydrogen (secondary N) is 1. The van der Waals surface area contributed by atoms with Gasteiger partial charge in [0, 0.05) is 12.4 Å². The molecule has 0 saturated heterocycles. The number of sulfonamides is 1. The largest absolute Gasteiger partial charge is 0.278 e. The van der Waals surface area contributed by atoms with Crippen LogP contribution in [0.1, 0.15) is 0 Å². The van der Waals surface area contributed by atoms with Gasteiger partial charge in [-0.15, -0.1) is 0 Å². The van der Waals surface area contributed by atoms with Gasteiger partial charge in [0.2, 0.25) is 0 Å². The quantitative estimate of drug-likeness (QED) is 0.866. The van der Waals surface area contributed by atoms with E-state index in [0.29, 0.717) is 10.2 Å². The van der Waals surface area contributed by atoms with Crippen molar-refractivity contribution in [3.05, 3.63) is 46.4 Å². The van der Waals surface area contributed by atoms with Crippen molar-refractivity contribution in [3.8, 4) is 0 Å². The highest BCUT2D eigenvalue weighted by Gasteiger charge is 2.14. The summed E-state index contributed by atoms with van der Waals surface area (Å²) < 4.78 is 26.8. The fourth-order valence-corrected chi connectivity index (χ4v) is 2.65. The van der Waals surface area contributed by atoms with Crippen molar-refractivity contribution in [2.45, 2.75) is 4.90 Å². The van der Waals surface area contributed by atoms with Gasteiger partial charge in [0.25, 0.3) is 10.0 Å². The van der Waals surface area contributed by atoms with Crippen LogP contribution >= 0.6 is 27.5 Å². The summed E-state index contributed by atoms with van der Waals surface area (Å²) in [4.78, 5) is 7.67. The van der Waals surface area contributed by atoms with Gasteiger partial charge < -0.3 is 0 Å². The molecule has 0 fully saturated rings. The highest BCUT2D eigenvalue weighted by Crippen LogP contribution is 2.24. The van der Waals surface area contributed by atoms with E-state index in [1.54, 1.807) is 6.07 Å². The number of halogens is 2. The molecule has 2 aromatic rings. The molecule has 0 spiro atoms. The van der Waals surface area contributed by atoms with Gasteiger partial charge in [-0.2, -0.15) is 0 Å². The summed E-state index contributed by atoms with van der Waals surface area (Å²) >= 11 is 8.89. The zero-order valence-electron chi connectivity index (χ0n) is 8.84. The number of aromatic nitrogens is 2. The molecule has 0 aliphatic carbocycles. The Morgan fingerprint density at radius 1 is 1.33 bits per heavy atom. The van der Waals surface area contributed by atoms with E-state index in [4.69, 9.17) is 11.6 Å². The van der Waals surface area contributed by atoms with Crippen molar-refractivity contribution in [3.63, 3.8) is 0 Å². The van der Waals surface area contributed by atoms with Crippen molar-refractivity contribution < 1.29 is 8.42 Å². The van der Waals surface area contributed by atoms with E-state index in [0.717, 1.165) is 0 Å². The Morgan fingerprint density at radius 3 is 2.72 bits per heavy atom. The lowest BCUT2D eigenvalue weighted by Gasteiger charge is -2.07. The Morgan fingerprint density at radius 2 is 2.11 bits per heavy atom. The topological polar surface area (TPSA) is 72.0 Å². The van der Waals surface area contributed by atoms with Gasteiger partial charge in [0.15, 0.2) is 0 Å². The van der Waals surface area contributed by atoms with Crippen LogP contribution in [0.15, 0.2) is 46.2 Å². The molecule has 94 valence electrons. The summed E-state index contributed by atoms with van der Waals surface area (Å²) in [6.07, 6.45) is 4.10. The maximum atomic E-state index is 12.0. The number of nitrogens with zero attached hydrogens (tertiary/aromatic N) is 2. The molecule has 0 amide bonds. The fraction of sp³-hybridized carbons (Fsp3) is 0. The van der Waals surface area contributed by atoms with E-state index < -0.39 is 10.0 Å². The molecule has 2 aromatic heterocycles. The van der Waals surface area contributed by atoms with Gasteiger partial charge in [-0.3, -0.25) is 9.71 Å². The highest BCUT2D eigenvalue weighted by atomic mass is 79.9. The molecule has 0 saturated carbocycles. The Kier molecular flexibility index (Phi) is 3.84. The zero-order valence-corrected chi connectivity index (χ0v) is 12.0. The van der Waals surface area contributed by atoms with E-state index in [1.807, 2.05) is 0 Å². The number of hydrogen-bond donors (Lipinski definition) is 1. The Bertz CT molecular complexity index is 664. The summed E-state index contributed by atoms with van der Waals surface area (Å²) in [6.45, 7) is 0. The molecule has 0 bridgehead atoms. The Hall–Kier alpha value is -1.18. The second-order valence-corrected chi connectivity index (χ2v) is 6.19. The third kappa shape index (κ3) is 2.98. The standard InChI is InChI=1S/C10H7BrClN3O2S/c11-9-4-7(5-14-10(9)12)15-18(16,17)8-2-1-3-13-6-8/h1-6,15H. The number of hydrogen-bond acceptors (Lipinski definition) is 4. The molecule has 5 nitrogen and oxygen atoms in total. The minimum absolute atomic E-state index is 0.0797. The number of rotatable bonds is 3. The average molecular weight is 349 g/mol. The summed E-state index contributed by atoms with van der Waals surface area (Å²) in [7, 11) is -3.66. The van der Waals surface area contributed by atoms with Gasteiger partial charge in [-0.1, -0.05) is 11.6 Å². The summed E-state index contributed by atoms with van der Waals surface area (Å²) in [5.41, 5.74) is 0.315. The lowest BCUT2D eigenvalue weighted by Crippen LogP contribution is -2.13. The molecule has 0 radical (unpaired) electrons. The maximum Gasteiger partial charge on any atom is 0.263 e. The molecular weight excluding hydrogens is 342 g/mol. The number of anilines is 1. The second-order valence-electron chi connectivity index (χ2n) is 3.29. The molecule has 2 heterocycles. The maximum absolute atomic E-state index is 12.0. The molecule has 0 aromatic carbocycles. The lowest BCUT2D eigenvalue weighted by atomic mass is 10.4. The SMILES string of the molecule is O=S(=O)(Nc1cnc(Cl)c(Br)c1)c1cccnc1. The molecule has 2 rings (SSSR count). The first-order chi connectivity index (χ1) is 8.49. The predicted molar refractivity (Wildman–Crippen MR) is 72.0 cm³/mol. The second kappa shape index (κ2) is 5.21. The molecule has 8 heteroatoms. The molecular formula is C10H7BrClN3O2S. The van der Waals surface area contributed by atoms with Crippen LogP contribution in [-0.2, 0) is 10.0 Å². The van der Waals surface area contributed by atoms with Gasteiger partial charge in [0.05, 0.1) is 16.4 Å². The van der Waals surface area contributed by atoms with Crippen LogP contribution in [0.25, 0.3) is 0 Å². The zero-order chi connectivity index (χ0) is 13.2. The lowest BCUT2D eigenvalue weighted by molar-refractivity contribution is 0.601. The minimum atomic E-state index is -3.66. The minimum Gasteiger partial charge on any atom is -0.278 e. The molecule has 0 unspecified atom stereocenters.